The summed E-state index contributed by atoms with van der Waals surface area (Å²) in [6.45, 7) is 7.02. The molecule has 0 bridgehead atoms. The van der Waals surface area contributed by atoms with Gasteiger partial charge in [-0.25, -0.2) is 0 Å². The summed E-state index contributed by atoms with van der Waals surface area (Å²) < 4.78 is 0. The van der Waals surface area contributed by atoms with E-state index in [1.165, 1.54) is 25.7 Å². The van der Waals surface area contributed by atoms with Crippen molar-refractivity contribution in [1.29, 1.82) is 0 Å². The molecule has 0 N–H and O–H groups in total. The van der Waals surface area contributed by atoms with Crippen LogP contribution in [0.2, 0.25) is 0 Å². The van der Waals surface area contributed by atoms with Crippen molar-refractivity contribution in [2.75, 3.05) is 0 Å². The molecule has 1 fully saturated rings. The van der Waals surface area contributed by atoms with Crippen molar-refractivity contribution in [3.63, 3.8) is 0 Å². The number of halogens is 1. The second kappa shape index (κ2) is 3.35. The summed E-state index contributed by atoms with van der Waals surface area (Å²) in [6, 6.07) is 0. The molecule has 1 rings (SSSR count). The normalized spacial score (nSPS) is 33.8. The Balaban J connectivity index is 2.39. The first-order valence-electron chi connectivity index (χ1n) is 4.64. The van der Waals surface area contributed by atoms with Gasteiger partial charge in [0, 0.05) is 5.38 Å². The lowest BCUT2D eigenvalue weighted by Crippen LogP contribution is -2.25. The summed E-state index contributed by atoms with van der Waals surface area (Å²) in [5.41, 5.74) is 0.497. The van der Waals surface area contributed by atoms with E-state index in [-0.39, 0.29) is 0 Å². The van der Waals surface area contributed by atoms with Crippen LogP contribution in [0.25, 0.3) is 0 Å². The van der Waals surface area contributed by atoms with Crippen LogP contribution in [0, 0.1) is 11.3 Å². The number of alkyl halides is 1. The van der Waals surface area contributed by atoms with E-state index in [1.54, 1.807) is 0 Å². The number of rotatable bonds is 0. The first-order chi connectivity index (χ1) is 5.00. The van der Waals surface area contributed by atoms with Crippen molar-refractivity contribution in [1.82, 2.24) is 0 Å². The molecule has 0 aromatic carbocycles. The van der Waals surface area contributed by atoms with Gasteiger partial charge in [0.2, 0.25) is 0 Å². The highest BCUT2D eigenvalue weighted by Crippen LogP contribution is 2.38. The third-order valence-corrected chi connectivity index (χ3v) is 3.32. The largest absolute Gasteiger partial charge is 0.123 e. The zero-order valence-electron chi connectivity index (χ0n) is 7.86. The van der Waals surface area contributed by atoms with Gasteiger partial charge in [-0.1, -0.05) is 20.8 Å². The van der Waals surface area contributed by atoms with E-state index in [1.807, 2.05) is 0 Å². The fourth-order valence-corrected chi connectivity index (χ4v) is 2.17. The van der Waals surface area contributed by atoms with Crippen LogP contribution in [0.15, 0.2) is 0 Å². The summed E-state index contributed by atoms with van der Waals surface area (Å²) >= 11 is 6.03. The molecule has 0 heterocycles. The van der Waals surface area contributed by atoms with Crippen LogP contribution >= 0.6 is 11.6 Å². The Hall–Kier alpha value is 0.290. The maximum absolute atomic E-state index is 6.03. The number of hydrogen-bond donors (Lipinski definition) is 0. The molecule has 0 unspecified atom stereocenters. The van der Waals surface area contributed by atoms with Crippen LogP contribution < -0.4 is 0 Å². The quantitative estimate of drug-likeness (QED) is 0.490. The van der Waals surface area contributed by atoms with E-state index >= 15 is 0 Å². The van der Waals surface area contributed by atoms with Gasteiger partial charge in [-0.05, 0) is 37.0 Å². The van der Waals surface area contributed by atoms with Crippen molar-refractivity contribution in [3.8, 4) is 0 Å². The molecule has 0 atom stereocenters. The summed E-state index contributed by atoms with van der Waals surface area (Å²) in [4.78, 5) is 0. The van der Waals surface area contributed by atoms with E-state index < -0.39 is 0 Å². The Bertz CT molecular complexity index is 115. The molecule has 66 valence electrons. The summed E-state index contributed by atoms with van der Waals surface area (Å²) in [7, 11) is 0. The first kappa shape index (κ1) is 9.38. The van der Waals surface area contributed by atoms with E-state index in [0.29, 0.717) is 10.8 Å². The molecule has 0 amide bonds. The molecule has 1 aliphatic rings. The number of hydrogen-bond acceptors (Lipinski definition) is 0. The molecular weight excluding hydrogens is 156 g/mol. The molecule has 0 spiro atoms. The van der Waals surface area contributed by atoms with Gasteiger partial charge in [-0.15, -0.1) is 11.6 Å². The molecule has 11 heavy (non-hydrogen) atoms. The van der Waals surface area contributed by atoms with Gasteiger partial charge >= 0.3 is 0 Å². The Morgan fingerprint density at radius 3 is 1.82 bits per heavy atom. The van der Waals surface area contributed by atoms with Crippen molar-refractivity contribution < 1.29 is 0 Å². The van der Waals surface area contributed by atoms with E-state index in [0.717, 1.165) is 5.92 Å². The first-order valence-corrected chi connectivity index (χ1v) is 5.08. The van der Waals surface area contributed by atoms with Crippen LogP contribution in [0.5, 0.6) is 0 Å². The smallest absolute Gasteiger partial charge is 0.0336 e. The van der Waals surface area contributed by atoms with Crippen molar-refractivity contribution in [3.05, 3.63) is 0 Å². The topological polar surface area (TPSA) is 0 Å². The Morgan fingerprint density at radius 1 is 1.00 bits per heavy atom. The molecule has 1 heteroatoms. The fourth-order valence-electron chi connectivity index (χ4n) is 1.92. The lowest BCUT2D eigenvalue weighted by Gasteiger charge is -2.35. The highest BCUT2D eigenvalue weighted by molar-refractivity contribution is 6.20. The SMILES string of the molecule is CC(C)(C)C1CCC(Cl)CC1. The minimum atomic E-state index is 0.466. The summed E-state index contributed by atoms with van der Waals surface area (Å²) in [5.74, 6) is 0.900. The second-order valence-electron chi connectivity index (χ2n) is 4.81. The van der Waals surface area contributed by atoms with Crippen molar-refractivity contribution in [2.45, 2.75) is 51.8 Å². The molecule has 0 aromatic rings. The monoisotopic (exact) mass is 174 g/mol. The third kappa shape index (κ3) is 2.66. The van der Waals surface area contributed by atoms with Crippen LogP contribution in [-0.4, -0.2) is 5.38 Å². The predicted octanol–water partition coefficient (Wildman–Crippen LogP) is 3.83. The highest BCUT2D eigenvalue weighted by atomic mass is 35.5. The van der Waals surface area contributed by atoms with Crippen LogP contribution in [0.4, 0.5) is 0 Å². The zero-order chi connectivity index (χ0) is 8.48. The predicted molar refractivity (Wildman–Crippen MR) is 51.1 cm³/mol. The molecule has 0 nitrogen and oxygen atoms in total. The maximum Gasteiger partial charge on any atom is 0.0336 e. The maximum atomic E-state index is 6.03. The van der Waals surface area contributed by atoms with E-state index in [2.05, 4.69) is 20.8 Å². The molecular formula is C10H19Cl. The van der Waals surface area contributed by atoms with Gasteiger partial charge in [-0.3, -0.25) is 0 Å². The highest BCUT2D eigenvalue weighted by Gasteiger charge is 2.28. The van der Waals surface area contributed by atoms with Gasteiger partial charge in [0.15, 0.2) is 0 Å². The Kier molecular flexibility index (Phi) is 2.85. The Labute approximate surface area is 75.3 Å². The fraction of sp³-hybridized carbons (Fsp3) is 1.00. The minimum Gasteiger partial charge on any atom is -0.123 e. The van der Waals surface area contributed by atoms with E-state index in [9.17, 15) is 0 Å². The summed E-state index contributed by atoms with van der Waals surface area (Å²) in [6.07, 6.45) is 5.11. The molecule has 1 saturated carbocycles. The van der Waals surface area contributed by atoms with Crippen LogP contribution in [-0.2, 0) is 0 Å². The average molecular weight is 175 g/mol. The lowest BCUT2D eigenvalue weighted by molar-refractivity contribution is 0.181. The van der Waals surface area contributed by atoms with Crippen molar-refractivity contribution >= 4 is 11.6 Å². The third-order valence-electron chi connectivity index (χ3n) is 2.88. The van der Waals surface area contributed by atoms with Crippen LogP contribution in [0.1, 0.15) is 46.5 Å². The molecule has 0 saturated heterocycles. The average Bonchev–Trinajstić information content (AvgIpc) is 1.86. The summed E-state index contributed by atoms with van der Waals surface area (Å²) in [5, 5.41) is 0.466. The standard InChI is InChI=1S/C10H19Cl/c1-10(2,3)8-4-6-9(11)7-5-8/h8-9H,4-7H2,1-3H3. The zero-order valence-corrected chi connectivity index (χ0v) is 8.62. The van der Waals surface area contributed by atoms with Crippen molar-refractivity contribution in [2.24, 2.45) is 11.3 Å². The van der Waals surface area contributed by atoms with Gasteiger partial charge in [0.05, 0.1) is 0 Å². The van der Waals surface area contributed by atoms with Gasteiger partial charge in [-0.2, -0.15) is 0 Å². The van der Waals surface area contributed by atoms with Crippen LogP contribution in [0.3, 0.4) is 0 Å². The second-order valence-corrected chi connectivity index (χ2v) is 5.43. The molecule has 0 aromatic heterocycles. The molecule has 0 radical (unpaired) electrons. The lowest BCUT2D eigenvalue weighted by atomic mass is 9.72. The minimum absolute atomic E-state index is 0.466. The Morgan fingerprint density at radius 2 is 1.45 bits per heavy atom. The van der Waals surface area contributed by atoms with Gasteiger partial charge in [0.1, 0.15) is 0 Å². The van der Waals surface area contributed by atoms with E-state index in [4.69, 9.17) is 11.6 Å². The van der Waals surface area contributed by atoms with Gasteiger partial charge in [0.25, 0.3) is 0 Å². The molecule has 1 aliphatic carbocycles. The van der Waals surface area contributed by atoms with Gasteiger partial charge < -0.3 is 0 Å². The molecule has 0 aliphatic heterocycles.